The molecule has 0 saturated carbocycles. The van der Waals surface area contributed by atoms with Crippen molar-refractivity contribution in [1.82, 2.24) is 9.97 Å². The lowest BCUT2D eigenvalue weighted by Gasteiger charge is -2.17. The summed E-state index contributed by atoms with van der Waals surface area (Å²) in [5.74, 6) is 0.860. The van der Waals surface area contributed by atoms with Gasteiger partial charge in [0, 0.05) is 18.8 Å². The average molecular weight is 208 g/mol. The number of nitrogens with two attached hydrogens (primary N) is 1. The molecule has 84 valence electrons. The van der Waals surface area contributed by atoms with Gasteiger partial charge in [-0.2, -0.15) is 0 Å². The van der Waals surface area contributed by atoms with Gasteiger partial charge in [0.2, 0.25) is 0 Å². The molecule has 4 heteroatoms. The van der Waals surface area contributed by atoms with Gasteiger partial charge >= 0.3 is 0 Å². The molecule has 0 aliphatic rings. The third-order valence-electron chi connectivity index (χ3n) is 2.34. The first-order chi connectivity index (χ1) is 7.17. The fourth-order valence-corrected chi connectivity index (χ4v) is 1.46. The van der Waals surface area contributed by atoms with Crippen LogP contribution in [0, 0.1) is 13.8 Å². The number of nitrogens with zero attached hydrogens (tertiary/aromatic N) is 2. The Balaban J connectivity index is 2.73. The van der Waals surface area contributed by atoms with Gasteiger partial charge in [-0.25, -0.2) is 4.98 Å². The number of nitrogens with one attached hydrogen (secondary N) is 1. The Morgan fingerprint density at radius 3 is 2.80 bits per heavy atom. The highest BCUT2D eigenvalue weighted by Gasteiger charge is 2.08. The highest BCUT2D eigenvalue weighted by molar-refractivity contribution is 5.40. The lowest BCUT2D eigenvalue weighted by molar-refractivity contribution is 0.644. The van der Waals surface area contributed by atoms with E-state index in [1.54, 1.807) is 6.20 Å². The summed E-state index contributed by atoms with van der Waals surface area (Å²) in [5, 5.41) is 3.34. The van der Waals surface area contributed by atoms with E-state index in [1.165, 1.54) is 0 Å². The van der Waals surface area contributed by atoms with Crippen LogP contribution in [-0.4, -0.2) is 22.6 Å². The number of hydrogen-bond donors (Lipinski definition) is 2. The molecule has 1 aromatic heterocycles. The summed E-state index contributed by atoms with van der Waals surface area (Å²) in [4.78, 5) is 8.67. The Morgan fingerprint density at radius 1 is 1.47 bits per heavy atom. The van der Waals surface area contributed by atoms with Gasteiger partial charge in [-0.3, -0.25) is 4.98 Å². The number of aromatic nitrogens is 2. The first kappa shape index (κ1) is 11.9. The van der Waals surface area contributed by atoms with Gasteiger partial charge < -0.3 is 11.1 Å². The number of anilines is 1. The minimum Gasteiger partial charge on any atom is -0.365 e. The first-order valence-electron chi connectivity index (χ1n) is 5.44. The topological polar surface area (TPSA) is 63.8 Å². The predicted molar refractivity (Wildman–Crippen MR) is 62.9 cm³/mol. The van der Waals surface area contributed by atoms with Crippen LogP contribution in [0.1, 0.15) is 31.2 Å². The van der Waals surface area contributed by atoms with E-state index in [0.717, 1.165) is 30.0 Å². The zero-order chi connectivity index (χ0) is 11.3. The van der Waals surface area contributed by atoms with Crippen molar-refractivity contribution in [2.45, 2.75) is 39.7 Å². The summed E-state index contributed by atoms with van der Waals surface area (Å²) in [5.41, 5.74) is 7.54. The van der Waals surface area contributed by atoms with Crippen molar-refractivity contribution < 1.29 is 0 Å². The molecule has 0 radical (unpaired) electrons. The summed E-state index contributed by atoms with van der Waals surface area (Å²) >= 11 is 0. The maximum absolute atomic E-state index is 5.68. The summed E-state index contributed by atoms with van der Waals surface area (Å²) in [6, 6.07) is 0.296. The molecule has 1 aromatic rings. The van der Waals surface area contributed by atoms with Crippen LogP contribution >= 0.6 is 0 Å². The van der Waals surface area contributed by atoms with Crippen LogP contribution in [0.2, 0.25) is 0 Å². The minimum atomic E-state index is 0.296. The van der Waals surface area contributed by atoms with E-state index in [1.807, 2.05) is 13.8 Å². The van der Waals surface area contributed by atoms with Gasteiger partial charge in [-0.15, -0.1) is 0 Å². The van der Waals surface area contributed by atoms with E-state index in [-0.39, 0.29) is 0 Å². The van der Waals surface area contributed by atoms with E-state index in [2.05, 4.69) is 22.2 Å². The summed E-state index contributed by atoms with van der Waals surface area (Å²) < 4.78 is 0. The fraction of sp³-hybridized carbons (Fsp3) is 0.636. The first-order valence-corrected chi connectivity index (χ1v) is 5.44. The van der Waals surface area contributed by atoms with Crippen molar-refractivity contribution in [3.8, 4) is 0 Å². The lowest BCUT2D eigenvalue weighted by Crippen LogP contribution is -2.29. The van der Waals surface area contributed by atoms with Gasteiger partial charge in [0.15, 0.2) is 0 Å². The van der Waals surface area contributed by atoms with Gasteiger partial charge in [-0.1, -0.05) is 13.3 Å². The quantitative estimate of drug-likeness (QED) is 0.772. The van der Waals surface area contributed by atoms with Crippen molar-refractivity contribution >= 4 is 5.82 Å². The normalized spacial score (nSPS) is 12.5. The van der Waals surface area contributed by atoms with Crippen LogP contribution in [-0.2, 0) is 0 Å². The Bertz CT molecular complexity index is 311. The largest absolute Gasteiger partial charge is 0.365 e. The Morgan fingerprint density at radius 2 is 2.20 bits per heavy atom. The van der Waals surface area contributed by atoms with Gasteiger partial charge in [0.25, 0.3) is 0 Å². The molecule has 0 aromatic carbocycles. The van der Waals surface area contributed by atoms with E-state index in [0.29, 0.717) is 12.6 Å². The zero-order valence-corrected chi connectivity index (χ0v) is 9.75. The monoisotopic (exact) mass is 208 g/mol. The maximum Gasteiger partial charge on any atom is 0.148 e. The summed E-state index contributed by atoms with van der Waals surface area (Å²) in [6.45, 7) is 6.67. The van der Waals surface area contributed by atoms with Crippen LogP contribution in [0.15, 0.2) is 6.20 Å². The zero-order valence-electron chi connectivity index (χ0n) is 9.75. The Labute approximate surface area is 91.3 Å². The van der Waals surface area contributed by atoms with Crippen molar-refractivity contribution in [3.05, 3.63) is 17.6 Å². The van der Waals surface area contributed by atoms with E-state index < -0.39 is 0 Å². The molecular formula is C11H20N4. The molecule has 0 fully saturated rings. The third kappa shape index (κ3) is 3.47. The molecule has 0 saturated heterocycles. The predicted octanol–water partition coefficient (Wildman–Crippen LogP) is 1.63. The van der Waals surface area contributed by atoms with Gasteiger partial charge in [0.05, 0.1) is 11.4 Å². The number of rotatable bonds is 5. The van der Waals surface area contributed by atoms with Crippen molar-refractivity contribution in [3.63, 3.8) is 0 Å². The molecule has 1 unspecified atom stereocenters. The second-order valence-corrected chi connectivity index (χ2v) is 3.81. The number of hydrogen-bond acceptors (Lipinski definition) is 4. The van der Waals surface area contributed by atoms with Crippen LogP contribution in [0.5, 0.6) is 0 Å². The fourth-order valence-electron chi connectivity index (χ4n) is 1.46. The van der Waals surface area contributed by atoms with Gasteiger partial charge in [0.1, 0.15) is 5.82 Å². The van der Waals surface area contributed by atoms with Gasteiger partial charge in [-0.05, 0) is 20.3 Å². The highest BCUT2D eigenvalue weighted by Crippen LogP contribution is 2.11. The summed E-state index contributed by atoms with van der Waals surface area (Å²) in [6.07, 6.45) is 3.95. The van der Waals surface area contributed by atoms with Crippen LogP contribution < -0.4 is 11.1 Å². The van der Waals surface area contributed by atoms with Crippen LogP contribution in [0.4, 0.5) is 5.82 Å². The highest BCUT2D eigenvalue weighted by atomic mass is 15.1. The third-order valence-corrected chi connectivity index (χ3v) is 2.34. The molecule has 0 spiro atoms. The number of aryl methyl sites for hydroxylation is 2. The molecule has 4 nitrogen and oxygen atoms in total. The minimum absolute atomic E-state index is 0.296. The molecule has 1 rings (SSSR count). The molecule has 1 heterocycles. The SMILES string of the molecule is CCCC(CN)Nc1nc(C)cnc1C. The van der Waals surface area contributed by atoms with Crippen molar-refractivity contribution in [2.24, 2.45) is 5.73 Å². The lowest BCUT2D eigenvalue weighted by atomic mass is 10.1. The van der Waals surface area contributed by atoms with E-state index in [4.69, 9.17) is 5.73 Å². The molecule has 3 N–H and O–H groups in total. The maximum atomic E-state index is 5.68. The standard InChI is InChI=1S/C11H20N4/c1-4-5-10(6-12)15-11-9(3)13-7-8(2)14-11/h7,10H,4-6,12H2,1-3H3,(H,14,15). The molecule has 1 atom stereocenters. The molecule has 15 heavy (non-hydrogen) atoms. The summed E-state index contributed by atoms with van der Waals surface area (Å²) in [7, 11) is 0. The van der Waals surface area contributed by atoms with Crippen molar-refractivity contribution in [2.75, 3.05) is 11.9 Å². The van der Waals surface area contributed by atoms with Crippen molar-refractivity contribution in [1.29, 1.82) is 0 Å². The second-order valence-electron chi connectivity index (χ2n) is 3.81. The molecule has 0 aliphatic heterocycles. The molecule has 0 aliphatic carbocycles. The Hall–Kier alpha value is -1.16. The van der Waals surface area contributed by atoms with E-state index in [9.17, 15) is 0 Å². The van der Waals surface area contributed by atoms with E-state index >= 15 is 0 Å². The molecule has 0 amide bonds. The van der Waals surface area contributed by atoms with Crippen LogP contribution in [0.25, 0.3) is 0 Å². The Kier molecular flexibility index (Phi) is 4.49. The molecular weight excluding hydrogens is 188 g/mol. The average Bonchev–Trinajstić information content (AvgIpc) is 2.22. The molecule has 0 bridgehead atoms. The van der Waals surface area contributed by atoms with Crippen LogP contribution in [0.3, 0.4) is 0 Å². The smallest absolute Gasteiger partial charge is 0.148 e. The second kappa shape index (κ2) is 5.66.